The first kappa shape index (κ1) is 15.8. The van der Waals surface area contributed by atoms with Crippen molar-refractivity contribution in [3.63, 3.8) is 0 Å². The highest BCUT2D eigenvalue weighted by molar-refractivity contribution is 5.95. The summed E-state index contributed by atoms with van der Waals surface area (Å²) >= 11 is 0. The zero-order valence-corrected chi connectivity index (χ0v) is 12.6. The van der Waals surface area contributed by atoms with Gasteiger partial charge in [-0.15, -0.1) is 0 Å². The van der Waals surface area contributed by atoms with Crippen LogP contribution in [-0.4, -0.2) is 37.0 Å². The van der Waals surface area contributed by atoms with E-state index in [2.05, 4.69) is 17.1 Å². The quantitative estimate of drug-likeness (QED) is 0.819. The molecule has 0 aromatic heterocycles. The molecule has 1 aromatic rings. The number of amides is 1. The minimum absolute atomic E-state index is 0.00372. The van der Waals surface area contributed by atoms with E-state index in [1.54, 1.807) is 0 Å². The van der Waals surface area contributed by atoms with Crippen molar-refractivity contribution in [1.29, 1.82) is 0 Å². The van der Waals surface area contributed by atoms with Crippen LogP contribution in [0, 0.1) is 11.7 Å². The average Bonchev–Trinajstić information content (AvgIpc) is 2.48. The number of likely N-dealkylation sites (tertiary alicyclic amines) is 1. The Kier molecular flexibility index (Phi) is 5.56. The molecule has 1 atom stereocenters. The van der Waals surface area contributed by atoms with Gasteiger partial charge in [0.15, 0.2) is 0 Å². The SMILES string of the molecule is CC(CNC(=O)c1ccc(F)c(N)c1)CN1CCCCC1. The first-order chi connectivity index (χ1) is 10.1. The molecule has 4 nitrogen and oxygen atoms in total. The average molecular weight is 293 g/mol. The second-order valence-electron chi connectivity index (χ2n) is 5.91. The molecule has 1 amide bonds. The third-order valence-corrected chi connectivity index (χ3v) is 3.89. The summed E-state index contributed by atoms with van der Waals surface area (Å²) in [5.74, 6) is -0.304. The number of nitrogens with one attached hydrogen (secondary N) is 1. The van der Waals surface area contributed by atoms with Gasteiger partial charge in [0.05, 0.1) is 5.69 Å². The van der Waals surface area contributed by atoms with Gasteiger partial charge in [-0.1, -0.05) is 13.3 Å². The summed E-state index contributed by atoms with van der Waals surface area (Å²) in [7, 11) is 0. The Bertz CT molecular complexity index is 486. The zero-order chi connectivity index (χ0) is 15.2. The Balaban J connectivity index is 1.78. The normalized spacial score (nSPS) is 17.4. The van der Waals surface area contributed by atoms with Crippen LogP contribution in [0.15, 0.2) is 18.2 Å². The van der Waals surface area contributed by atoms with Crippen molar-refractivity contribution < 1.29 is 9.18 Å². The van der Waals surface area contributed by atoms with Crippen LogP contribution in [0.4, 0.5) is 10.1 Å². The van der Waals surface area contributed by atoms with Gasteiger partial charge in [0.25, 0.3) is 5.91 Å². The molecule has 21 heavy (non-hydrogen) atoms. The number of nitrogen functional groups attached to an aromatic ring is 1. The van der Waals surface area contributed by atoms with Crippen molar-refractivity contribution in [2.24, 2.45) is 5.92 Å². The van der Waals surface area contributed by atoms with Crippen molar-refractivity contribution in [2.45, 2.75) is 26.2 Å². The Morgan fingerprint density at radius 1 is 1.38 bits per heavy atom. The minimum atomic E-state index is -0.495. The van der Waals surface area contributed by atoms with Crippen LogP contribution in [-0.2, 0) is 0 Å². The van der Waals surface area contributed by atoms with Crippen LogP contribution in [0.1, 0.15) is 36.5 Å². The molecule has 116 valence electrons. The van der Waals surface area contributed by atoms with Gasteiger partial charge in [0.1, 0.15) is 5.82 Å². The first-order valence-electron chi connectivity index (χ1n) is 7.62. The third-order valence-electron chi connectivity index (χ3n) is 3.89. The lowest BCUT2D eigenvalue weighted by Crippen LogP contribution is -2.38. The van der Waals surface area contributed by atoms with Gasteiger partial charge >= 0.3 is 0 Å². The molecule has 1 aromatic carbocycles. The maximum Gasteiger partial charge on any atom is 0.251 e. The molecule has 3 N–H and O–H groups in total. The molecule has 1 unspecified atom stereocenters. The number of carbonyl (C=O) groups excluding carboxylic acids is 1. The van der Waals surface area contributed by atoms with E-state index in [0.717, 1.165) is 19.6 Å². The number of rotatable bonds is 5. The molecule has 1 saturated heterocycles. The molecular weight excluding hydrogens is 269 g/mol. The molecular formula is C16H24FN3O. The first-order valence-corrected chi connectivity index (χ1v) is 7.62. The Labute approximate surface area is 125 Å². The van der Waals surface area contributed by atoms with E-state index in [4.69, 9.17) is 5.73 Å². The number of hydrogen-bond donors (Lipinski definition) is 2. The minimum Gasteiger partial charge on any atom is -0.396 e. The van der Waals surface area contributed by atoms with E-state index in [1.807, 2.05) is 0 Å². The highest BCUT2D eigenvalue weighted by Crippen LogP contribution is 2.13. The van der Waals surface area contributed by atoms with E-state index >= 15 is 0 Å². The summed E-state index contributed by atoms with van der Waals surface area (Å²) in [5, 5.41) is 2.89. The zero-order valence-electron chi connectivity index (χ0n) is 12.6. The molecule has 0 saturated carbocycles. The number of halogens is 1. The summed E-state index contributed by atoms with van der Waals surface area (Å²) in [6.07, 6.45) is 3.87. The smallest absolute Gasteiger partial charge is 0.251 e. The molecule has 0 spiro atoms. The van der Waals surface area contributed by atoms with Crippen molar-refractivity contribution in [2.75, 3.05) is 31.9 Å². The maximum atomic E-state index is 13.1. The summed E-state index contributed by atoms with van der Waals surface area (Å²) < 4.78 is 13.1. The molecule has 0 aliphatic carbocycles. The van der Waals surface area contributed by atoms with E-state index in [9.17, 15) is 9.18 Å². The summed E-state index contributed by atoms with van der Waals surface area (Å²) in [6.45, 7) is 6.08. The molecule has 1 heterocycles. The number of anilines is 1. The van der Waals surface area contributed by atoms with Gasteiger partial charge < -0.3 is 16.0 Å². The number of carbonyl (C=O) groups is 1. The fourth-order valence-corrected chi connectivity index (χ4v) is 2.70. The number of benzene rings is 1. The van der Waals surface area contributed by atoms with E-state index in [0.29, 0.717) is 18.0 Å². The molecule has 0 radical (unpaired) electrons. The molecule has 1 fully saturated rings. The predicted molar refractivity (Wildman–Crippen MR) is 82.6 cm³/mol. The maximum absolute atomic E-state index is 13.1. The van der Waals surface area contributed by atoms with Crippen LogP contribution in [0.3, 0.4) is 0 Å². The summed E-state index contributed by atoms with van der Waals surface area (Å²) in [6, 6.07) is 4.05. The second-order valence-corrected chi connectivity index (χ2v) is 5.91. The second kappa shape index (κ2) is 7.41. The number of nitrogens with two attached hydrogens (primary N) is 1. The van der Waals surface area contributed by atoms with Gasteiger partial charge in [-0.05, 0) is 50.0 Å². The van der Waals surface area contributed by atoms with Crippen molar-refractivity contribution in [3.8, 4) is 0 Å². The molecule has 2 rings (SSSR count). The molecule has 0 bridgehead atoms. The number of hydrogen-bond acceptors (Lipinski definition) is 3. The fraction of sp³-hybridized carbons (Fsp3) is 0.562. The lowest BCUT2D eigenvalue weighted by atomic mass is 10.1. The van der Waals surface area contributed by atoms with Gasteiger partial charge in [-0.2, -0.15) is 0 Å². The predicted octanol–water partition coefficient (Wildman–Crippen LogP) is 2.26. The van der Waals surface area contributed by atoms with E-state index in [-0.39, 0.29) is 11.6 Å². The van der Waals surface area contributed by atoms with E-state index < -0.39 is 5.82 Å². The molecule has 5 heteroatoms. The Morgan fingerprint density at radius 3 is 2.76 bits per heavy atom. The summed E-state index contributed by atoms with van der Waals surface area (Å²) in [5.41, 5.74) is 5.88. The third kappa shape index (κ3) is 4.70. The highest BCUT2D eigenvalue weighted by Gasteiger charge is 2.14. The van der Waals surface area contributed by atoms with Crippen LogP contribution in [0.25, 0.3) is 0 Å². The lowest BCUT2D eigenvalue weighted by Gasteiger charge is -2.29. The highest BCUT2D eigenvalue weighted by atomic mass is 19.1. The van der Waals surface area contributed by atoms with Crippen molar-refractivity contribution in [3.05, 3.63) is 29.6 Å². The van der Waals surface area contributed by atoms with E-state index in [1.165, 1.54) is 37.5 Å². The lowest BCUT2D eigenvalue weighted by molar-refractivity contribution is 0.0942. The molecule has 1 aliphatic heterocycles. The van der Waals surface area contributed by atoms with Crippen LogP contribution in [0.2, 0.25) is 0 Å². The Hall–Kier alpha value is -1.62. The van der Waals surface area contributed by atoms with Crippen LogP contribution < -0.4 is 11.1 Å². The number of nitrogens with zero attached hydrogens (tertiary/aromatic N) is 1. The Morgan fingerprint density at radius 2 is 2.10 bits per heavy atom. The van der Waals surface area contributed by atoms with Gasteiger partial charge in [-0.25, -0.2) is 4.39 Å². The van der Waals surface area contributed by atoms with Gasteiger partial charge in [0, 0.05) is 18.7 Å². The van der Waals surface area contributed by atoms with Gasteiger partial charge in [-0.3, -0.25) is 4.79 Å². The molecule has 1 aliphatic rings. The van der Waals surface area contributed by atoms with Crippen LogP contribution in [0.5, 0.6) is 0 Å². The largest absolute Gasteiger partial charge is 0.396 e. The van der Waals surface area contributed by atoms with Crippen molar-refractivity contribution >= 4 is 11.6 Å². The van der Waals surface area contributed by atoms with Crippen LogP contribution >= 0.6 is 0 Å². The van der Waals surface area contributed by atoms with Crippen molar-refractivity contribution in [1.82, 2.24) is 10.2 Å². The summed E-state index contributed by atoms with van der Waals surface area (Å²) in [4.78, 5) is 14.5. The fourth-order valence-electron chi connectivity index (χ4n) is 2.70. The standard InChI is InChI=1S/C16H24FN3O/c1-12(11-20-7-3-2-4-8-20)10-19-16(21)13-5-6-14(17)15(18)9-13/h5-6,9,12H,2-4,7-8,10-11,18H2,1H3,(H,19,21). The van der Waals surface area contributed by atoms with Gasteiger partial charge in [0.2, 0.25) is 0 Å². The number of piperidine rings is 1. The topological polar surface area (TPSA) is 58.4 Å². The monoisotopic (exact) mass is 293 g/mol.